The molecule has 2 nitrogen and oxygen atoms in total. The van der Waals surface area contributed by atoms with Gasteiger partial charge in [0.2, 0.25) is 0 Å². The van der Waals surface area contributed by atoms with E-state index in [4.69, 9.17) is 0 Å². The number of rotatable bonds is 0. The van der Waals surface area contributed by atoms with Crippen molar-refractivity contribution in [3.05, 3.63) is 83.0 Å². The third-order valence-corrected chi connectivity index (χ3v) is 5.35. The van der Waals surface area contributed by atoms with E-state index in [9.17, 15) is 4.79 Å². The van der Waals surface area contributed by atoms with Crippen molar-refractivity contribution in [2.75, 3.05) is 0 Å². The molecular formula is C23H13NO. The molecule has 0 fully saturated rings. The molecule has 0 atom stereocenters. The van der Waals surface area contributed by atoms with Crippen molar-refractivity contribution in [2.45, 2.75) is 0 Å². The molecule has 5 aromatic carbocycles. The standard InChI is InChI=1S/C23H13NO/c25-23-17-7-2-1-5-13(17)15-11-12-20-22-16(9-10-18(23)21(15)22)14-6-3-4-8-19(14)24-20/h1-12,24H. The summed E-state index contributed by atoms with van der Waals surface area (Å²) in [6.07, 6.45) is 0. The topological polar surface area (TPSA) is 32.9 Å². The van der Waals surface area contributed by atoms with E-state index < -0.39 is 0 Å². The van der Waals surface area contributed by atoms with Crippen LogP contribution in [-0.4, -0.2) is 4.98 Å². The number of aromatic nitrogens is 1. The van der Waals surface area contributed by atoms with Gasteiger partial charge >= 0.3 is 0 Å². The summed E-state index contributed by atoms with van der Waals surface area (Å²) in [6.45, 7) is 0. The predicted octanol–water partition coefficient (Wildman–Crippen LogP) is 5.58. The van der Waals surface area contributed by atoms with E-state index in [0.717, 1.165) is 43.4 Å². The molecule has 25 heavy (non-hydrogen) atoms. The number of pyridine rings is 1. The van der Waals surface area contributed by atoms with Crippen molar-refractivity contribution < 1.29 is 0 Å². The fourth-order valence-electron chi connectivity index (χ4n) is 4.27. The number of H-pyrrole nitrogens is 1. The molecule has 0 bridgehead atoms. The van der Waals surface area contributed by atoms with E-state index in [-0.39, 0.29) is 5.43 Å². The van der Waals surface area contributed by atoms with Gasteiger partial charge in [-0.05, 0) is 34.4 Å². The smallest absolute Gasteiger partial charge is 0.194 e. The highest BCUT2D eigenvalue weighted by atomic mass is 16.1. The molecule has 1 N–H and O–H groups in total. The van der Waals surface area contributed by atoms with Crippen LogP contribution in [0.25, 0.3) is 54.1 Å². The van der Waals surface area contributed by atoms with Crippen LogP contribution >= 0.6 is 0 Å². The van der Waals surface area contributed by atoms with Gasteiger partial charge in [0, 0.05) is 38.0 Å². The largest absolute Gasteiger partial charge is 0.354 e. The van der Waals surface area contributed by atoms with E-state index in [0.29, 0.717) is 0 Å². The Hall–Kier alpha value is -3.39. The van der Waals surface area contributed by atoms with Crippen LogP contribution in [0.2, 0.25) is 0 Å². The molecule has 2 heteroatoms. The molecule has 6 aromatic rings. The summed E-state index contributed by atoms with van der Waals surface area (Å²) in [7, 11) is 0. The maximum absolute atomic E-state index is 13.0. The van der Waals surface area contributed by atoms with Gasteiger partial charge in [-0.2, -0.15) is 0 Å². The van der Waals surface area contributed by atoms with Gasteiger partial charge in [-0.1, -0.05) is 54.6 Å². The number of fused-ring (bicyclic) bond motifs is 4. The summed E-state index contributed by atoms with van der Waals surface area (Å²) >= 11 is 0. The second-order valence-corrected chi connectivity index (χ2v) is 6.62. The molecule has 1 heterocycles. The fraction of sp³-hybridized carbons (Fsp3) is 0. The zero-order chi connectivity index (χ0) is 16.5. The Bertz CT molecular complexity index is 1510. The van der Waals surface area contributed by atoms with Gasteiger partial charge in [0.15, 0.2) is 5.43 Å². The molecule has 116 valence electrons. The highest BCUT2D eigenvalue weighted by molar-refractivity contribution is 6.31. The first kappa shape index (κ1) is 13.0. The molecule has 1 aromatic heterocycles. The van der Waals surface area contributed by atoms with E-state index in [1.807, 2.05) is 36.4 Å². The molecule has 0 aliphatic heterocycles. The van der Waals surface area contributed by atoms with E-state index in [2.05, 4.69) is 41.4 Å². The monoisotopic (exact) mass is 319 g/mol. The van der Waals surface area contributed by atoms with Crippen molar-refractivity contribution in [2.24, 2.45) is 0 Å². The maximum Gasteiger partial charge on any atom is 0.194 e. The van der Waals surface area contributed by atoms with Crippen LogP contribution in [-0.2, 0) is 0 Å². The minimum Gasteiger partial charge on any atom is -0.354 e. The zero-order valence-corrected chi connectivity index (χ0v) is 13.3. The molecule has 0 saturated heterocycles. The van der Waals surface area contributed by atoms with E-state index in [1.165, 1.54) is 10.8 Å². The van der Waals surface area contributed by atoms with E-state index >= 15 is 0 Å². The Kier molecular flexibility index (Phi) is 2.26. The van der Waals surface area contributed by atoms with Crippen LogP contribution in [0.1, 0.15) is 0 Å². The summed E-state index contributed by atoms with van der Waals surface area (Å²) in [5, 5.41) is 8.37. The van der Waals surface area contributed by atoms with Gasteiger partial charge in [0.25, 0.3) is 0 Å². The van der Waals surface area contributed by atoms with Gasteiger partial charge in [0.05, 0.1) is 0 Å². The average molecular weight is 319 g/mol. The highest BCUT2D eigenvalue weighted by Crippen LogP contribution is 2.38. The summed E-state index contributed by atoms with van der Waals surface area (Å²) in [5.74, 6) is 0. The first-order valence-corrected chi connectivity index (χ1v) is 8.43. The Morgan fingerprint density at radius 1 is 0.480 bits per heavy atom. The van der Waals surface area contributed by atoms with Gasteiger partial charge in [-0.3, -0.25) is 4.79 Å². The van der Waals surface area contributed by atoms with Crippen LogP contribution in [0, 0.1) is 0 Å². The SMILES string of the molecule is O=c1c2ccccc2c2ccc3[nH]c4ccccc4c4ccc1c2c34. The minimum absolute atomic E-state index is 0.116. The molecule has 0 unspecified atom stereocenters. The maximum atomic E-state index is 13.0. The van der Waals surface area contributed by atoms with Crippen LogP contribution in [0.15, 0.2) is 77.6 Å². The molecule has 0 amide bonds. The lowest BCUT2D eigenvalue weighted by atomic mass is 9.91. The number of aromatic amines is 1. The van der Waals surface area contributed by atoms with Crippen LogP contribution < -0.4 is 5.43 Å². The Labute approximate surface area is 142 Å². The molecule has 0 aliphatic rings. The van der Waals surface area contributed by atoms with Crippen LogP contribution in [0.5, 0.6) is 0 Å². The molecule has 0 saturated carbocycles. The van der Waals surface area contributed by atoms with E-state index in [1.54, 1.807) is 0 Å². The summed E-state index contributed by atoms with van der Waals surface area (Å²) in [6, 6.07) is 24.6. The number of hydrogen-bond donors (Lipinski definition) is 1. The quantitative estimate of drug-likeness (QED) is 0.288. The first-order valence-electron chi connectivity index (χ1n) is 8.43. The number of nitrogens with one attached hydrogen (secondary N) is 1. The van der Waals surface area contributed by atoms with Gasteiger partial charge in [-0.25, -0.2) is 0 Å². The predicted molar refractivity (Wildman–Crippen MR) is 106 cm³/mol. The second kappa shape index (κ2) is 4.37. The van der Waals surface area contributed by atoms with Crippen molar-refractivity contribution in [1.29, 1.82) is 0 Å². The van der Waals surface area contributed by atoms with Crippen LogP contribution in [0.3, 0.4) is 0 Å². The Balaban J connectivity index is 2.04. The Morgan fingerprint density at radius 2 is 1.12 bits per heavy atom. The summed E-state index contributed by atoms with van der Waals surface area (Å²) in [5.41, 5.74) is 2.30. The van der Waals surface area contributed by atoms with Crippen molar-refractivity contribution >= 4 is 54.1 Å². The normalized spacial score (nSPS) is 12.2. The molecule has 0 radical (unpaired) electrons. The third kappa shape index (κ3) is 1.52. The Morgan fingerprint density at radius 3 is 2.00 bits per heavy atom. The number of benzene rings is 5. The van der Waals surface area contributed by atoms with Gasteiger partial charge < -0.3 is 4.98 Å². The average Bonchev–Trinajstić information content (AvgIpc) is 2.67. The summed E-state index contributed by atoms with van der Waals surface area (Å²) < 4.78 is 0. The fourth-order valence-corrected chi connectivity index (χ4v) is 4.27. The lowest BCUT2D eigenvalue weighted by Crippen LogP contribution is -2.03. The molecule has 0 aliphatic carbocycles. The lowest BCUT2D eigenvalue weighted by molar-refractivity contribution is 1.51. The molecular weight excluding hydrogens is 306 g/mol. The minimum atomic E-state index is 0.116. The molecule has 0 spiro atoms. The highest BCUT2D eigenvalue weighted by Gasteiger charge is 2.15. The molecule has 6 rings (SSSR count). The van der Waals surface area contributed by atoms with Gasteiger partial charge in [-0.15, -0.1) is 0 Å². The summed E-state index contributed by atoms with van der Waals surface area (Å²) in [4.78, 5) is 16.6. The van der Waals surface area contributed by atoms with Crippen molar-refractivity contribution in [3.8, 4) is 0 Å². The number of hydrogen-bond acceptors (Lipinski definition) is 1. The first-order chi connectivity index (χ1) is 12.3. The van der Waals surface area contributed by atoms with Crippen molar-refractivity contribution in [1.82, 2.24) is 4.98 Å². The number of para-hydroxylation sites is 1. The van der Waals surface area contributed by atoms with Crippen LogP contribution in [0.4, 0.5) is 0 Å². The lowest BCUT2D eigenvalue weighted by Gasteiger charge is -2.14. The van der Waals surface area contributed by atoms with Crippen molar-refractivity contribution in [3.63, 3.8) is 0 Å². The third-order valence-electron chi connectivity index (χ3n) is 5.35. The van der Waals surface area contributed by atoms with Gasteiger partial charge in [0.1, 0.15) is 0 Å². The zero-order valence-electron chi connectivity index (χ0n) is 13.3. The second-order valence-electron chi connectivity index (χ2n) is 6.62.